The number of pyridine rings is 1. The van der Waals surface area contributed by atoms with Gasteiger partial charge in [0, 0.05) is 12.1 Å². The summed E-state index contributed by atoms with van der Waals surface area (Å²) in [6, 6.07) is 5.29. The van der Waals surface area contributed by atoms with Crippen LogP contribution in [0.5, 0.6) is 0 Å². The number of hydrogen-bond donors (Lipinski definition) is 1. The Bertz CT molecular complexity index is 424. The van der Waals surface area contributed by atoms with Gasteiger partial charge in [0.05, 0.1) is 18.0 Å². The fourth-order valence-electron chi connectivity index (χ4n) is 2.60. The van der Waals surface area contributed by atoms with Gasteiger partial charge in [-0.3, -0.25) is 14.6 Å². The minimum absolute atomic E-state index is 0.0244. The van der Waals surface area contributed by atoms with Crippen LogP contribution in [0.4, 0.5) is 0 Å². The van der Waals surface area contributed by atoms with Crippen LogP contribution in [0.2, 0.25) is 0 Å². The van der Waals surface area contributed by atoms with Crippen molar-refractivity contribution >= 4 is 11.8 Å². The Morgan fingerprint density at radius 3 is 2.61 bits per heavy atom. The summed E-state index contributed by atoms with van der Waals surface area (Å²) in [5.41, 5.74) is 0.580. The molecule has 1 aromatic rings. The lowest BCUT2D eigenvalue weighted by atomic mass is 9.87. The first-order valence-corrected chi connectivity index (χ1v) is 6.35. The van der Waals surface area contributed by atoms with E-state index in [1.807, 2.05) is 0 Å². The van der Waals surface area contributed by atoms with Gasteiger partial charge in [0.25, 0.3) is 0 Å². The van der Waals surface area contributed by atoms with E-state index in [9.17, 15) is 9.59 Å². The standard InChI is InChI=1S/C14H17NO3/c16-13(17)9-11(12-7-3-4-8-15-12)14(18)10-5-1-2-6-10/h3-4,7-8,10-11H,1-2,5-6,9H2,(H,16,17). The van der Waals surface area contributed by atoms with Crippen LogP contribution in [0, 0.1) is 5.92 Å². The molecule has 1 saturated carbocycles. The number of carbonyl (C=O) groups is 2. The van der Waals surface area contributed by atoms with Crippen LogP contribution in [0.1, 0.15) is 43.7 Å². The third-order valence-electron chi connectivity index (χ3n) is 3.52. The number of carboxylic acid groups (broad SMARTS) is 1. The van der Waals surface area contributed by atoms with Crippen molar-refractivity contribution in [3.8, 4) is 0 Å². The number of hydrogen-bond acceptors (Lipinski definition) is 3. The maximum atomic E-state index is 12.4. The van der Waals surface area contributed by atoms with E-state index in [4.69, 9.17) is 5.11 Å². The fraction of sp³-hybridized carbons (Fsp3) is 0.500. The molecule has 0 aromatic carbocycles. The first-order valence-electron chi connectivity index (χ1n) is 6.35. The highest BCUT2D eigenvalue weighted by molar-refractivity contribution is 5.90. The third kappa shape index (κ3) is 2.94. The number of nitrogens with zero attached hydrogens (tertiary/aromatic N) is 1. The molecule has 0 spiro atoms. The Morgan fingerprint density at radius 1 is 1.33 bits per heavy atom. The Morgan fingerprint density at radius 2 is 2.06 bits per heavy atom. The summed E-state index contributed by atoms with van der Waals surface area (Å²) in [5.74, 6) is -1.46. The second-order valence-corrected chi connectivity index (χ2v) is 4.79. The van der Waals surface area contributed by atoms with Gasteiger partial charge >= 0.3 is 5.97 Å². The number of rotatable bonds is 5. The number of ketones is 1. The molecule has 1 aromatic heterocycles. The van der Waals surface area contributed by atoms with Crippen LogP contribution in [-0.4, -0.2) is 21.8 Å². The van der Waals surface area contributed by atoms with Crippen LogP contribution >= 0.6 is 0 Å². The van der Waals surface area contributed by atoms with Crippen molar-refractivity contribution in [3.05, 3.63) is 30.1 Å². The zero-order chi connectivity index (χ0) is 13.0. The maximum Gasteiger partial charge on any atom is 0.304 e. The van der Waals surface area contributed by atoms with Gasteiger partial charge in [0.1, 0.15) is 5.78 Å². The van der Waals surface area contributed by atoms with Crippen molar-refractivity contribution in [2.45, 2.75) is 38.0 Å². The number of aliphatic carboxylic acids is 1. The van der Waals surface area contributed by atoms with Gasteiger partial charge in [0.2, 0.25) is 0 Å². The van der Waals surface area contributed by atoms with Gasteiger partial charge in [-0.05, 0) is 25.0 Å². The molecule has 1 N–H and O–H groups in total. The highest BCUT2D eigenvalue weighted by Crippen LogP contribution is 2.32. The monoisotopic (exact) mass is 247 g/mol. The average molecular weight is 247 g/mol. The minimum Gasteiger partial charge on any atom is -0.481 e. The number of Topliss-reactive ketones (excluding diaryl/α,β-unsaturated/α-hetero) is 1. The van der Waals surface area contributed by atoms with Crippen molar-refractivity contribution in [3.63, 3.8) is 0 Å². The van der Waals surface area contributed by atoms with E-state index in [2.05, 4.69) is 4.98 Å². The number of carbonyl (C=O) groups excluding carboxylic acids is 1. The highest BCUT2D eigenvalue weighted by atomic mass is 16.4. The van der Waals surface area contributed by atoms with Crippen molar-refractivity contribution in [1.82, 2.24) is 4.98 Å². The van der Waals surface area contributed by atoms with Crippen molar-refractivity contribution in [1.29, 1.82) is 0 Å². The molecule has 0 amide bonds. The molecule has 96 valence electrons. The van der Waals surface area contributed by atoms with Crippen molar-refractivity contribution < 1.29 is 14.7 Å². The first-order chi connectivity index (χ1) is 8.68. The largest absolute Gasteiger partial charge is 0.481 e. The Balaban J connectivity index is 2.19. The molecule has 1 aliphatic carbocycles. The zero-order valence-electron chi connectivity index (χ0n) is 10.2. The summed E-state index contributed by atoms with van der Waals surface area (Å²) < 4.78 is 0. The quantitative estimate of drug-likeness (QED) is 0.867. The van der Waals surface area contributed by atoms with Crippen LogP contribution in [0.25, 0.3) is 0 Å². The summed E-state index contributed by atoms with van der Waals surface area (Å²) in [7, 11) is 0. The van der Waals surface area contributed by atoms with Gasteiger partial charge < -0.3 is 5.11 Å². The molecule has 18 heavy (non-hydrogen) atoms. The smallest absolute Gasteiger partial charge is 0.304 e. The summed E-state index contributed by atoms with van der Waals surface area (Å²) in [6.45, 7) is 0. The van der Waals surface area contributed by atoms with Gasteiger partial charge in [0.15, 0.2) is 0 Å². The second-order valence-electron chi connectivity index (χ2n) is 4.79. The van der Waals surface area contributed by atoms with Gasteiger partial charge in [-0.15, -0.1) is 0 Å². The van der Waals surface area contributed by atoms with E-state index in [1.165, 1.54) is 0 Å². The lowest BCUT2D eigenvalue weighted by Crippen LogP contribution is -2.23. The summed E-state index contributed by atoms with van der Waals surface area (Å²) >= 11 is 0. The molecule has 1 unspecified atom stereocenters. The van der Waals surface area contributed by atoms with E-state index in [0.29, 0.717) is 5.69 Å². The molecular weight excluding hydrogens is 230 g/mol. The molecule has 2 rings (SSSR count). The normalized spacial score (nSPS) is 17.6. The molecule has 1 aliphatic rings. The van der Waals surface area contributed by atoms with E-state index in [-0.39, 0.29) is 18.1 Å². The molecule has 1 atom stereocenters. The van der Waals surface area contributed by atoms with E-state index >= 15 is 0 Å². The number of carboxylic acids is 1. The SMILES string of the molecule is O=C(O)CC(C(=O)C1CCCC1)c1ccccn1. The lowest BCUT2D eigenvalue weighted by Gasteiger charge is -2.17. The molecule has 4 nitrogen and oxygen atoms in total. The van der Waals surface area contributed by atoms with Gasteiger partial charge in [-0.25, -0.2) is 0 Å². The Labute approximate surface area is 106 Å². The molecular formula is C14H17NO3. The molecule has 1 heterocycles. The topological polar surface area (TPSA) is 67.3 Å². The van der Waals surface area contributed by atoms with Crippen LogP contribution in [0.15, 0.2) is 24.4 Å². The molecule has 0 aliphatic heterocycles. The molecule has 4 heteroatoms. The number of aromatic nitrogens is 1. The van der Waals surface area contributed by atoms with E-state index in [1.54, 1.807) is 24.4 Å². The van der Waals surface area contributed by atoms with E-state index < -0.39 is 11.9 Å². The molecule has 0 radical (unpaired) electrons. The van der Waals surface area contributed by atoms with Crippen molar-refractivity contribution in [2.24, 2.45) is 5.92 Å². The summed E-state index contributed by atoms with van der Waals surface area (Å²) in [4.78, 5) is 27.4. The van der Waals surface area contributed by atoms with E-state index in [0.717, 1.165) is 25.7 Å². The maximum absolute atomic E-state index is 12.4. The molecule has 0 bridgehead atoms. The zero-order valence-corrected chi connectivity index (χ0v) is 10.2. The Hall–Kier alpha value is -1.71. The van der Waals surface area contributed by atoms with Gasteiger partial charge in [-0.1, -0.05) is 18.9 Å². The summed E-state index contributed by atoms with van der Waals surface area (Å²) in [6.07, 6.45) is 5.36. The highest BCUT2D eigenvalue weighted by Gasteiger charge is 2.32. The summed E-state index contributed by atoms with van der Waals surface area (Å²) in [5, 5.41) is 8.96. The fourth-order valence-corrected chi connectivity index (χ4v) is 2.60. The minimum atomic E-state index is -0.947. The van der Waals surface area contributed by atoms with Crippen LogP contribution in [0.3, 0.4) is 0 Å². The predicted octanol–water partition coefficient (Wildman–Crippen LogP) is 2.40. The van der Waals surface area contributed by atoms with Crippen LogP contribution in [-0.2, 0) is 9.59 Å². The molecule has 0 saturated heterocycles. The predicted molar refractivity (Wildman–Crippen MR) is 66.2 cm³/mol. The third-order valence-corrected chi connectivity index (χ3v) is 3.52. The van der Waals surface area contributed by atoms with Crippen LogP contribution < -0.4 is 0 Å². The van der Waals surface area contributed by atoms with Gasteiger partial charge in [-0.2, -0.15) is 0 Å². The molecule has 1 fully saturated rings. The second kappa shape index (κ2) is 5.76. The average Bonchev–Trinajstić information content (AvgIpc) is 2.90. The lowest BCUT2D eigenvalue weighted by molar-refractivity contribution is -0.140. The van der Waals surface area contributed by atoms with Crippen molar-refractivity contribution in [2.75, 3.05) is 0 Å². The Kier molecular flexibility index (Phi) is 4.07. The first kappa shape index (κ1) is 12.7.